The predicted molar refractivity (Wildman–Crippen MR) is 57.6 cm³/mol. The van der Waals surface area contributed by atoms with Crippen LogP contribution in [0.1, 0.15) is 13.8 Å². The van der Waals surface area contributed by atoms with Gasteiger partial charge < -0.3 is 4.74 Å². The molecular weight excluding hydrogens is 232 g/mol. The lowest BCUT2D eigenvalue weighted by Crippen LogP contribution is -2.04. The van der Waals surface area contributed by atoms with E-state index < -0.39 is 5.97 Å². The fraction of sp³-hybridized carbons (Fsp3) is 0.300. The van der Waals surface area contributed by atoms with Crippen LogP contribution < -0.4 is 0 Å². The Balaban J connectivity index is 4.77. The minimum atomic E-state index is -0.421. The molecule has 0 atom stereocenters. The van der Waals surface area contributed by atoms with E-state index in [-0.39, 0.29) is 0 Å². The van der Waals surface area contributed by atoms with E-state index >= 15 is 0 Å². The van der Waals surface area contributed by atoms with Crippen molar-refractivity contribution < 1.29 is 9.53 Å². The third-order valence-corrected chi connectivity index (χ3v) is 2.56. The Morgan fingerprint density at radius 3 is 2.46 bits per heavy atom. The van der Waals surface area contributed by atoms with Gasteiger partial charge in [-0.1, -0.05) is 18.7 Å². The highest BCUT2D eigenvalue weighted by Crippen LogP contribution is 2.21. The molecule has 0 unspecified atom stereocenters. The molecule has 0 amide bonds. The summed E-state index contributed by atoms with van der Waals surface area (Å²) in [6, 6.07) is 0. The fourth-order valence-electron chi connectivity index (χ4n) is 0.774. The standard InChI is InChI=1S/C10H13BrO2/c1-5-6-7(2)9(11)8(3)10(12)13-4/h5-6H,3H2,1-2,4H3/b6-5-,9-7-. The van der Waals surface area contributed by atoms with Crippen LogP contribution in [0.25, 0.3) is 0 Å². The summed E-state index contributed by atoms with van der Waals surface area (Å²) in [4.78, 5) is 11.1. The summed E-state index contributed by atoms with van der Waals surface area (Å²) in [6.45, 7) is 7.41. The lowest BCUT2D eigenvalue weighted by molar-refractivity contribution is -0.135. The number of ether oxygens (including phenoxy) is 1. The van der Waals surface area contributed by atoms with Crippen molar-refractivity contribution in [2.45, 2.75) is 13.8 Å². The van der Waals surface area contributed by atoms with E-state index in [2.05, 4.69) is 27.2 Å². The minimum absolute atomic E-state index is 0.332. The highest BCUT2D eigenvalue weighted by Gasteiger charge is 2.10. The molecule has 0 aliphatic carbocycles. The molecule has 0 N–H and O–H groups in total. The number of rotatable bonds is 3. The molecular formula is C10H13BrO2. The van der Waals surface area contributed by atoms with Crippen molar-refractivity contribution in [2.75, 3.05) is 7.11 Å². The van der Waals surface area contributed by atoms with Crippen LogP contribution in [0.2, 0.25) is 0 Å². The summed E-state index contributed by atoms with van der Waals surface area (Å²) in [5, 5.41) is 0. The Morgan fingerprint density at radius 1 is 1.54 bits per heavy atom. The number of hydrogen-bond acceptors (Lipinski definition) is 2. The van der Waals surface area contributed by atoms with Crippen molar-refractivity contribution in [3.63, 3.8) is 0 Å². The fourth-order valence-corrected chi connectivity index (χ4v) is 1.07. The molecule has 0 bridgehead atoms. The van der Waals surface area contributed by atoms with Crippen molar-refractivity contribution >= 4 is 21.9 Å². The second kappa shape index (κ2) is 5.75. The number of halogens is 1. The maximum atomic E-state index is 11.1. The smallest absolute Gasteiger partial charge is 0.338 e. The molecule has 0 rings (SSSR count). The van der Waals surface area contributed by atoms with Crippen LogP contribution in [0.3, 0.4) is 0 Å². The van der Waals surface area contributed by atoms with Crippen molar-refractivity contribution in [3.05, 3.63) is 34.4 Å². The first kappa shape index (κ1) is 12.2. The van der Waals surface area contributed by atoms with Crippen LogP contribution in [0.5, 0.6) is 0 Å². The topological polar surface area (TPSA) is 26.3 Å². The molecule has 0 saturated carbocycles. The highest BCUT2D eigenvalue weighted by atomic mass is 79.9. The average Bonchev–Trinajstić information content (AvgIpc) is 2.14. The molecule has 13 heavy (non-hydrogen) atoms. The molecule has 0 aliphatic rings. The monoisotopic (exact) mass is 244 g/mol. The van der Waals surface area contributed by atoms with Crippen molar-refractivity contribution in [2.24, 2.45) is 0 Å². The highest BCUT2D eigenvalue weighted by molar-refractivity contribution is 9.12. The molecule has 0 spiro atoms. The zero-order valence-electron chi connectivity index (χ0n) is 8.06. The van der Waals surface area contributed by atoms with E-state index in [1.807, 2.05) is 26.0 Å². The van der Waals surface area contributed by atoms with Crippen LogP contribution in [0.4, 0.5) is 0 Å². The van der Waals surface area contributed by atoms with Gasteiger partial charge >= 0.3 is 5.97 Å². The van der Waals surface area contributed by atoms with Crippen molar-refractivity contribution in [1.29, 1.82) is 0 Å². The van der Waals surface area contributed by atoms with E-state index in [1.165, 1.54) is 7.11 Å². The number of allylic oxidation sites excluding steroid dienone is 3. The molecule has 0 heterocycles. The predicted octanol–water partition coefficient (Wildman–Crippen LogP) is 2.96. The zero-order valence-corrected chi connectivity index (χ0v) is 9.64. The van der Waals surface area contributed by atoms with E-state index in [1.54, 1.807) is 0 Å². The maximum Gasteiger partial charge on any atom is 0.338 e. The van der Waals surface area contributed by atoms with Gasteiger partial charge in [0.1, 0.15) is 0 Å². The lowest BCUT2D eigenvalue weighted by atomic mass is 10.2. The number of carbonyl (C=O) groups excluding carboxylic acids is 1. The molecule has 0 aromatic rings. The van der Waals surface area contributed by atoms with Gasteiger partial charge in [-0.05, 0) is 35.4 Å². The molecule has 3 heteroatoms. The van der Waals surface area contributed by atoms with Gasteiger partial charge in [0.25, 0.3) is 0 Å². The van der Waals surface area contributed by atoms with Gasteiger partial charge in [-0.3, -0.25) is 0 Å². The summed E-state index contributed by atoms with van der Waals surface area (Å²) in [5.41, 5.74) is 1.27. The van der Waals surface area contributed by atoms with Gasteiger partial charge in [-0.25, -0.2) is 4.79 Å². The maximum absolute atomic E-state index is 11.1. The van der Waals surface area contributed by atoms with Gasteiger partial charge in [0.05, 0.1) is 12.7 Å². The second-order valence-corrected chi connectivity index (χ2v) is 3.26. The molecule has 72 valence electrons. The molecule has 0 aliphatic heterocycles. The second-order valence-electron chi connectivity index (χ2n) is 2.47. The molecule has 0 saturated heterocycles. The first-order valence-corrected chi connectivity index (χ1v) is 4.60. The number of carbonyl (C=O) groups is 1. The van der Waals surface area contributed by atoms with E-state index in [4.69, 9.17) is 0 Å². The van der Waals surface area contributed by atoms with Crippen LogP contribution in [-0.2, 0) is 9.53 Å². The molecule has 0 aromatic carbocycles. The Kier molecular flexibility index (Phi) is 5.39. The Hall–Kier alpha value is -0.830. The Bertz CT molecular complexity index is 275. The SMILES string of the molecule is C=C(C(=O)OC)/C(Br)=C(C)/C=C\C. The van der Waals surface area contributed by atoms with Gasteiger partial charge in [0.15, 0.2) is 0 Å². The van der Waals surface area contributed by atoms with Gasteiger partial charge in [-0.15, -0.1) is 0 Å². The van der Waals surface area contributed by atoms with E-state index in [0.717, 1.165) is 5.57 Å². The Morgan fingerprint density at radius 2 is 2.08 bits per heavy atom. The first-order valence-electron chi connectivity index (χ1n) is 3.81. The Labute approximate surface area is 87.1 Å². The quantitative estimate of drug-likeness (QED) is 0.434. The van der Waals surface area contributed by atoms with Crippen LogP contribution >= 0.6 is 15.9 Å². The largest absolute Gasteiger partial charge is 0.465 e. The van der Waals surface area contributed by atoms with Crippen LogP contribution in [0.15, 0.2) is 34.4 Å². The third-order valence-electron chi connectivity index (χ3n) is 1.46. The van der Waals surface area contributed by atoms with Gasteiger partial charge in [0, 0.05) is 4.48 Å². The molecule has 0 radical (unpaired) electrons. The molecule has 2 nitrogen and oxygen atoms in total. The summed E-state index contributed by atoms with van der Waals surface area (Å²) in [7, 11) is 1.33. The van der Waals surface area contributed by atoms with E-state index in [9.17, 15) is 4.79 Å². The lowest BCUT2D eigenvalue weighted by Gasteiger charge is -2.03. The van der Waals surface area contributed by atoms with Crippen molar-refractivity contribution in [3.8, 4) is 0 Å². The summed E-state index contributed by atoms with van der Waals surface area (Å²) >= 11 is 3.28. The van der Waals surface area contributed by atoms with Crippen LogP contribution in [-0.4, -0.2) is 13.1 Å². The van der Waals surface area contributed by atoms with Crippen LogP contribution in [0, 0.1) is 0 Å². The number of esters is 1. The third kappa shape index (κ3) is 3.59. The number of methoxy groups -OCH3 is 1. The normalized spacial score (nSPS) is 12.6. The molecule has 0 fully saturated rings. The summed E-state index contributed by atoms with van der Waals surface area (Å²) < 4.78 is 5.21. The average molecular weight is 245 g/mol. The van der Waals surface area contributed by atoms with Crippen molar-refractivity contribution in [1.82, 2.24) is 0 Å². The van der Waals surface area contributed by atoms with Gasteiger partial charge in [0.2, 0.25) is 0 Å². The van der Waals surface area contributed by atoms with E-state index in [0.29, 0.717) is 10.1 Å². The zero-order chi connectivity index (χ0) is 10.4. The summed E-state index contributed by atoms with van der Waals surface area (Å²) in [6.07, 6.45) is 3.78. The first-order chi connectivity index (χ1) is 6.04. The molecule has 0 aromatic heterocycles. The van der Waals surface area contributed by atoms with Gasteiger partial charge in [-0.2, -0.15) is 0 Å². The number of hydrogen-bond donors (Lipinski definition) is 0. The minimum Gasteiger partial charge on any atom is -0.465 e. The summed E-state index contributed by atoms with van der Waals surface area (Å²) in [5.74, 6) is -0.421.